The van der Waals surface area contributed by atoms with Gasteiger partial charge in [0.2, 0.25) is 0 Å². The summed E-state index contributed by atoms with van der Waals surface area (Å²) in [5.41, 5.74) is 1.05. The summed E-state index contributed by atoms with van der Waals surface area (Å²) >= 11 is 7.77. The van der Waals surface area contributed by atoms with E-state index in [1.165, 1.54) is 12.8 Å². The number of hydrogen-bond acceptors (Lipinski definition) is 4. The van der Waals surface area contributed by atoms with E-state index in [4.69, 9.17) is 11.6 Å². The van der Waals surface area contributed by atoms with Gasteiger partial charge < -0.3 is 0 Å². The molecule has 1 heterocycles. The molecule has 0 radical (unpaired) electrons. The van der Waals surface area contributed by atoms with Gasteiger partial charge in [0.1, 0.15) is 0 Å². The summed E-state index contributed by atoms with van der Waals surface area (Å²) in [6.07, 6.45) is 2.36. The number of rotatable bonds is 7. The fraction of sp³-hybridized carbons (Fsp3) is 0.500. The van der Waals surface area contributed by atoms with Crippen LogP contribution in [0.2, 0.25) is 5.02 Å². The van der Waals surface area contributed by atoms with Gasteiger partial charge in [0.15, 0.2) is 11.0 Å². The van der Waals surface area contributed by atoms with Crippen LogP contribution in [0.5, 0.6) is 0 Å². The number of benzene rings is 1. The van der Waals surface area contributed by atoms with E-state index in [1.807, 2.05) is 24.3 Å². The van der Waals surface area contributed by atoms with Crippen molar-refractivity contribution in [1.82, 2.24) is 19.7 Å². The van der Waals surface area contributed by atoms with Crippen LogP contribution < -0.4 is 0 Å². The van der Waals surface area contributed by atoms with Crippen molar-refractivity contribution in [3.63, 3.8) is 0 Å². The zero-order valence-corrected chi connectivity index (χ0v) is 15.2. The highest BCUT2D eigenvalue weighted by atomic mass is 35.5. The van der Waals surface area contributed by atoms with Crippen molar-refractivity contribution in [3.05, 3.63) is 35.1 Å². The smallest absolute Gasteiger partial charge is 0.195 e. The molecule has 0 amide bonds. The second-order valence-electron chi connectivity index (χ2n) is 5.49. The van der Waals surface area contributed by atoms with Gasteiger partial charge in [-0.1, -0.05) is 36.7 Å². The molecule has 1 unspecified atom stereocenters. The summed E-state index contributed by atoms with van der Waals surface area (Å²) in [5.74, 6) is 2.00. The third-order valence-corrected chi connectivity index (χ3v) is 4.89. The third-order valence-electron chi connectivity index (χ3n) is 3.62. The Hall–Kier alpha value is -1.04. The summed E-state index contributed by atoms with van der Waals surface area (Å²) in [6, 6.07) is 8.02. The van der Waals surface area contributed by atoms with Gasteiger partial charge in [-0.25, -0.2) is 0 Å². The van der Waals surface area contributed by atoms with Crippen molar-refractivity contribution in [2.45, 2.75) is 37.9 Å². The first-order chi connectivity index (χ1) is 10.5. The molecule has 0 fully saturated rings. The minimum Gasteiger partial charge on any atom is -0.300 e. The molecular formula is C16H23ClN4S. The van der Waals surface area contributed by atoms with Crippen molar-refractivity contribution in [1.29, 1.82) is 0 Å². The molecule has 22 heavy (non-hydrogen) atoms. The first-order valence-corrected chi connectivity index (χ1v) is 8.91. The van der Waals surface area contributed by atoms with E-state index in [0.717, 1.165) is 27.4 Å². The van der Waals surface area contributed by atoms with Crippen molar-refractivity contribution in [3.8, 4) is 5.69 Å². The number of nitrogens with zero attached hydrogens (tertiary/aromatic N) is 4. The van der Waals surface area contributed by atoms with Crippen LogP contribution in [0.15, 0.2) is 29.4 Å². The molecule has 0 spiro atoms. The van der Waals surface area contributed by atoms with Gasteiger partial charge in [0.05, 0.1) is 6.04 Å². The van der Waals surface area contributed by atoms with Gasteiger partial charge in [-0.2, -0.15) is 0 Å². The molecule has 0 aliphatic heterocycles. The number of thioether (sulfide) groups is 1. The summed E-state index contributed by atoms with van der Waals surface area (Å²) in [5, 5.41) is 10.5. The topological polar surface area (TPSA) is 34.0 Å². The Labute approximate surface area is 141 Å². The Morgan fingerprint density at radius 2 is 1.91 bits per heavy atom. The van der Waals surface area contributed by atoms with Crippen molar-refractivity contribution < 1.29 is 0 Å². The lowest BCUT2D eigenvalue weighted by molar-refractivity contribution is 0.305. The molecule has 4 nitrogen and oxygen atoms in total. The largest absolute Gasteiger partial charge is 0.300 e. The standard InChI is InChI=1S/C16H23ClN4S/c1-5-6-11-22-16-19-18-15(12(2)20(3)4)21(16)14-9-7-13(17)8-10-14/h7-10,12H,5-6,11H2,1-4H3. The summed E-state index contributed by atoms with van der Waals surface area (Å²) < 4.78 is 2.14. The highest BCUT2D eigenvalue weighted by molar-refractivity contribution is 7.99. The SMILES string of the molecule is CCCCSc1nnc(C(C)N(C)C)n1-c1ccc(Cl)cc1. The molecule has 1 aromatic carbocycles. The second kappa shape index (κ2) is 7.99. The summed E-state index contributed by atoms with van der Waals surface area (Å²) in [6.45, 7) is 4.33. The Kier molecular flexibility index (Phi) is 6.29. The molecule has 0 aliphatic carbocycles. The van der Waals surface area contributed by atoms with Crippen LogP contribution in [0, 0.1) is 0 Å². The van der Waals surface area contributed by atoms with Crippen LogP contribution in [0.3, 0.4) is 0 Å². The number of aromatic nitrogens is 3. The monoisotopic (exact) mass is 338 g/mol. The molecular weight excluding hydrogens is 316 g/mol. The lowest BCUT2D eigenvalue weighted by atomic mass is 10.2. The van der Waals surface area contributed by atoms with E-state index < -0.39 is 0 Å². The molecule has 0 N–H and O–H groups in total. The maximum atomic E-state index is 6.01. The van der Waals surface area contributed by atoms with E-state index in [0.29, 0.717) is 0 Å². The van der Waals surface area contributed by atoms with Gasteiger partial charge in [-0.15, -0.1) is 10.2 Å². The lowest BCUT2D eigenvalue weighted by Crippen LogP contribution is -2.20. The highest BCUT2D eigenvalue weighted by Gasteiger charge is 2.20. The van der Waals surface area contributed by atoms with E-state index in [2.05, 4.69) is 47.6 Å². The molecule has 6 heteroatoms. The van der Waals surface area contributed by atoms with Crippen molar-refractivity contribution >= 4 is 23.4 Å². The molecule has 0 saturated heterocycles. The van der Waals surface area contributed by atoms with Crippen LogP contribution in [0.4, 0.5) is 0 Å². The average molecular weight is 339 g/mol. The van der Waals surface area contributed by atoms with E-state index in [9.17, 15) is 0 Å². The fourth-order valence-corrected chi connectivity index (χ4v) is 3.19. The first kappa shape index (κ1) is 17.3. The number of unbranched alkanes of at least 4 members (excludes halogenated alkanes) is 1. The summed E-state index contributed by atoms with van der Waals surface area (Å²) in [7, 11) is 4.10. The van der Waals surface area contributed by atoms with Gasteiger partial charge in [-0.3, -0.25) is 9.47 Å². The molecule has 2 aromatic rings. The Balaban J connectivity index is 2.40. The maximum absolute atomic E-state index is 6.01. The number of halogens is 1. The Morgan fingerprint density at radius 3 is 2.50 bits per heavy atom. The summed E-state index contributed by atoms with van der Waals surface area (Å²) in [4.78, 5) is 2.14. The molecule has 0 aliphatic rings. The van der Waals surface area contributed by atoms with Crippen LogP contribution in [0.1, 0.15) is 38.6 Å². The minimum atomic E-state index is 0.184. The number of hydrogen-bond donors (Lipinski definition) is 0. The lowest BCUT2D eigenvalue weighted by Gasteiger charge is -2.20. The fourth-order valence-electron chi connectivity index (χ4n) is 2.02. The molecule has 1 aromatic heterocycles. The van der Waals surface area contributed by atoms with E-state index in [-0.39, 0.29) is 6.04 Å². The molecule has 120 valence electrons. The van der Waals surface area contributed by atoms with E-state index in [1.54, 1.807) is 11.8 Å². The zero-order chi connectivity index (χ0) is 16.1. The van der Waals surface area contributed by atoms with Crippen LogP contribution in [-0.4, -0.2) is 39.5 Å². The molecule has 1 atom stereocenters. The van der Waals surface area contributed by atoms with Crippen LogP contribution in [-0.2, 0) is 0 Å². The molecule has 0 saturated carbocycles. The predicted octanol–water partition coefficient (Wildman–Crippen LogP) is 4.44. The van der Waals surface area contributed by atoms with E-state index >= 15 is 0 Å². The average Bonchev–Trinajstić information content (AvgIpc) is 2.91. The van der Waals surface area contributed by atoms with Gasteiger partial charge in [-0.05, 0) is 51.7 Å². The second-order valence-corrected chi connectivity index (χ2v) is 6.99. The van der Waals surface area contributed by atoms with Gasteiger partial charge in [0, 0.05) is 16.5 Å². The molecule has 2 rings (SSSR count). The van der Waals surface area contributed by atoms with Gasteiger partial charge >= 0.3 is 0 Å². The third kappa shape index (κ3) is 4.03. The molecule has 0 bridgehead atoms. The Morgan fingerprint density at radius 1 is 1.23 bits per heavy atom. The van der Waals surface area contributed by atoms with Crippen LogP contribution in [0.25, 0.3) is 5.69 Å². The highest BCUT2D eigenvalue weighted by Crippen LogP contribution is 2.27. The predicted molar refractivity (Wildman–Crippen MR) is 94.1 cm³/mol. The van der Waals surface area contributed by atoms with Crippen LogP contribution >= 0.6 is 23.4 Å². The minimum absolute atomic E-state index is 0.184. The van der Waals surface area contributed by atoms with Gasteiger partial charge in [0.25, 0.3) is 0 Å². The zero-order valence-electron chi connectivity index (χ0n) is 13.6. The van der Waals surface area contributed by atoms with Crippen molar-refractivity contribution in [2.24, 2.45) is 0 Å². The Bertz CT molecular complexity index is 595. The normalized spacial score (nSPS) is 12.8. The maximum Gasteiger partial charge on any atom is 0.195 e. The quantitative estimate of drug-likeness (QED) is 0.552. The first-order valence-electron chi connectivity index (χ1n) is 7.55. The van der Waals surface area contributed by atoms with Crippen molar-refractivity contribution in [2.75, 3.05) is 19.8 Å².